The van der Waals surface area contributed by atoms with Gasteiger partial charge in [0.25, 0.3) is 5.91 Å². The van der Waals surface area contributed by atoms with E-state index in [1.807, 2.05) is 35.2 Å². The molecule has 0 aliphatic carbocycles. The van der Waals surface area contributed by atoms with Gasteiger partial charge in [-0.3, -0.25) is 14.4 Å². The number of nitrogens with one attached hydrogen (secondary N) is 1. The molecule has 1 atom stereocenters. The molecular formula is C25H29N3O4. The number of carbonyl (C=O) groups excluding carboxylic acids is 3. The molecule has 7 nitrogen and oxygen atoms in total. The number of amides is 3. The van der Waals surface area contributed by atoms with E-state index in [1.165, 1.54) is 0 Å². The van der Waals surface area contributed by atoms with Crippen LogP contribution in [-0.2, 0) is 16.1 Å². The molecule has 2 aromatic rings. The molecule has 0 aromatic heterocycles. The topological polar surface area (TPSA) is 79.0 Å². The maximum Gasteiger partial charge on any atom is 0.253 e. The van der Waals surface area contributed by atoms with Crippen LogP contribution in [-0.4, -0.2) is 60.3 Å². The minimum absolute atomic E-state index is 0.00428. The van der Waals surface area contributed by atoms with Crippen LogP contribution in [0.15, 0.2) is 54.6 Å². The molecule has 2 aliphatic heterocycles. The fraction of sp³-hybridized carbons (Fsp3) is 0.400. The van der Waals surface area contributed by atoms with E-state index < -0.39 is 0 Å². The highest BCUT2D eigenvalue weighted by molar-refractivity contribution is 5.94. The summed E-state index contributed by atoms with van der Waals surface area (Å²) in [5.74, 6) is 0.360. The van der Waals surface area contributed by atoms with Gasteiger partial charge in [0.2, 0.25) is 11.8 Å². The fourth-order valence-corrected chi connectivity index (χ4v) is 4.37. The van der Waals surface area contributed by atoms with Crippen molar-refractivity contribution in [3.05, 3.63) is 65.7 Å². The van der Waals surface area contributed by atoms with E-state index in [1.54, 1.807) is 36.3 Å². The Morgan fingerprint density at radius 1 is 1.03 bits per heavy atom. The molecule has 1 unspecified atom stereocenters. The van der Waals surface area contributed by atoms with Crippen molar-refractivity contribution in [3.8, 4) is 5.75 Å². The summed E-state index contributed by atoms with van der Waals surface area (Å²) in [6, 6.07) is 17.0. The molecule has 1 N–H and O–H groups in total. The Hall–Kier alpha value is -3.35. The summed E-state index contributed by atoms with van der Waals surface area (Å²) in [6.07, 6.45) is 1.68. The molecule has 168 valence electrons. The Labute approximate surface area is 188 Å². The standard InChI is InChI=1S/C25H29N3O4/c1-32-22-9-7-19(8-10-22)25(31)27-13-11-21(12-14-27)26-24(30)20-15-23(29)28(17-20)16-18-5-3-2-4-6-18/h2-10,20-21H,11-17H2,1H3,(H,26,30). The number of carbonyl (C=O) groups is 3. The highest BCUT2D eigenvalue weighted by Gasteiger charge is 2.35. The second kappa shape index (κ2) is 9.85. The van der Waals surface area contributed by atoms with Crippen molar-refractivity contribution < 1.29 is 19.1 Å². The summed E-state index contributed by atoms with van der Waals surface area (Å²) in [5, 5.41) is 3.11. The van der Waals surface area contributed by atoms with Crippen molar-refractivity contribution in [3.63, 3.8) is 0 Å². The zero-order chi connectivity index (χ0) is 22.5. The molecule has 2 fully saturated rings. The monoisotopic (exact) mass is 435 g/mol. The van der Waals surface area contributed by atoms with Gasteiger partial charge in [0, 0.05) is 44.2 Å². The molecule has 0 spiro atoms. The maximum absolute atomic E-state index is 12.8. The van der Waals surface area contributed by atoms with E-state index in [0.717, 1.165) is 11.3 Å². The zero-order valence-corrected chi connectivity index (χ0v) is 18.3. The van der Waals surface area contributed by atoms with Gasteiger partial charge in [-0.25, -0.2) is 0 Å². The Bertz CT molecular complexity index is 953. The number of hydrogen-bond donors (Lipinski definition) is 1. The fourth-order valence-electron chi connectivity index (χ4n) is 4.37. The Morgan fingerprint density at radius 2 is 1.72 bits per heavy atom. The van der Waals surface area contributed by atoms with E-state index in [0.29, 0.717) is 44.6 Å². The van der Waals surface area contributed by atoms with E-state index in [9.17, 15) is 14.4 Å². The number of piperidine rings is 1. The first kappa shape index (κ1) is 21.9. The van der Waals surface area contributed by atoms with Gasteiger partial charge in [-0.15, -0.1) is 0 Å². The second-order valence-electron chi connectivity index (χ2n) is 8.46. The molecule has 0 radical (unpaired) electrons. The van der Waals surface area contributed by atoms with E-state index in [4.69, 9.17) is 4.74 Å². The molecule has 3 amide bonds. The van der Waals surface area contributed by atoms with Gasteiger partial charge in [0.15, 0.2) is 0 Å². The number of benzene rings is 2. The normalized spacial score (nSPS) is 19.2. The minimum Gasteiger partial charge on any atom is -0.497 e. The predicted molar refractivity (Wildman–Crippen MR) is 120 cm³/mol. The SMILES string of the molecule is COc1ccc(C(=O)N2CCC(NC(=O)C3CC(=O)N(Cc4ccccc4)C3)CC2)cc1. The minimum atomic E-state index is -0.315. The molecule has 0 saturated carbocycles. The number of ether oxygens (including phenoxy) is 1. The Balaban J connectivity index is 1.24. The van der Waals surface area contributed by atoms with E-state index >= 15 is 0 Å². The summed E-state index contributed by atoms with van der Waals surface area (Å²) in [7, 11) is 1.60. The van der Waals surface area contributed by atoms with Crippen LogP contribution in [0, 0.1) is 5.92 Å². The van der Waals surface area contributed by atoms with Gasteiger partial charge in [0.05, 0.1) is 13.0 Å². The number of hydrogen-bond acceptors (Lipinski definition) is 4. The number of methoxy groups -OCH3 is 1. The first-order chi connectivity index (χ1) is 15.5. The van der Waals surface area contributed by atoms with Crippen LogP contribution < -0.4 is 10.1 Å². The third kappa shape index (κ3) is 5.10. The quantitative estimate of drug-likeness (QED) is 0.756. The van der Waals surface area contributed by atoms with Crippen LogP contribution in [0.5, 0.6) is 5.75 Å². The lowest BCUT2D eigenvalue weighted by atomic mass is 10.0. The predicted octanol–water partition coefficient (Wildman–Crippen LogP) is 2.46. The Kier molecular flexibility index (Phi) is 6.73. The van der Waals surface area contributed by atoms with Crippen LogP contribution in [0.2, 0.25) is 0 Å². The molecule has 4 rings (SSSR count). The van der Waals surface area contributed by atoms with Gasteiger partial charge < -0.3 is 19.9 Å². The second-order valence-corrected chi connectivity index (χ2v) is 8.46. The third-order valence-electron chi connectivity index (χ3n) is 6.27. The molecular weight excluding hydrogens is 406 g/mol. The van der Waals surface area contributed by atoms with Gasteiger partial charge in [-0.1, -0.05) is 30.3 Å². The highest BCUT2D eigenvalue weighted by Crippen LogP contribution is 2.22. The van der Waals surface area contributed by atoms with Crippen LogP contribution >= 0.6 is 0 Å². The number of rotatable bonds is 6. The van der Waals surface area contributed by atoms with E-state index in [2.05, 4.69) is 5.32 Å². The Morgan fingerprint density at radius 3 is 2.38 bits per heavy atom. The smallest absolute Gasteiger partial charge is 0.253 e. The molecule has 7 heteroatoms. The van der Waals surface area contributed by atoms with Crippen molar-refractivity contribution in [2.45, 2.75) is 31.8 Å². The van der Waals surface area contributed by atoms with Crippen LogP contribution in [0.3, 0.4) is 0 Å². The molecule has 2 aromatic carbocycles. The lowest BCUT2D eigenvalue weighted by Crippen LogP contribution is -2.48. The van der Waals surface area contributed by atoms with Gasteiger partial charge in [0.1, 0.15) is 5.75 Å². The number of likely N-dealkylation sites (tertiary alicyclic amines) is 2. The van der Waals surface area contributed by atoms with Gasteiger partial charge in [-0.05, 0) is 42.7 Å². The summed E-state index contributed by atoms with van der Waals surface area (Å²) in [4.78, 5) is 41.4. The lowest BCUT2D eigenvalue weighted by Gasteiger charge is -2.33. The first-order valence-electron chi connectivity index (χ1n) is 11.1. The van der Waals surface area contributed by atoms with Crippen molar-refractivity contribution in [1.82, 2.24) is 15.1 Å². The van der Waals surface area contributed by atoms with Crippen LogP contribution in [0.4, 0.5) is 0 Å². The molecule has 2 heterocycles. The van der Waals surface area contributed by atoms with Gasteiger partial charge in [-0.2, -0.15) is 0 Å². The average Bonchev–Trinajstić information content (AvgIpc) is 3.20. The van der Waals surface area contributed by atoms with Crippen LogP contribution in [0.1, 0.15) is 35.2 Å². The van der Waals surface area contributed by atoms with Crippen LogP contribution in [0.25, 0.3) is 0 Å². The maximum atomic E-state index is 12.8. The highest BCUT2D eigenvalue weighted by atomic mass is 16.5. The third-order valence-corrected chi connectivity index (χ3v) is 6.27. The van der Waals surface area contributed by atoms with E-state index in [-0.39, 0.29) is 36.1 Å². The lowest BCUT2D eigenvalue weighted by molar-refractivity contribution is -0.129. The largest absolute Gasteiger partial charge is 0.497 e. The molecule has 2 saturated heterocycles. The van der Waals surface area contributed by atoms with Crippen molar-refractivity contribution in [2.24, 2.45) is 5.92 Å². The average molecular weight is 436 g/mol. The van der Waals surface area contributed by atoms with Gasteiger partial charge >= 0.3 is 0 Å². The first-order valence-corrected chi connectivity index (χ1v) is 11.1. The van der Waals surface area contributed by atoms with Crippen molar-refractivity contribution in [1.29, 1.82) is 0 Å². The summed E-state index contributed by atoms with van der Waals surface area (Å²) in [5.41, 5.74) is 1.70. The molecule has 2 aliphatic rings. The van der Waals surface area contributed by atoms with Crippen molar-refractivity contribution in [2.75, 3.05) is 26.7 Å². The summed E-state index contributed by atoms with van der Waals surface area (Å²) in [6.45, 7) is 2.18. The zero-order valence-electron chi connectivity index (χ0n) is 18.3. The van der Waals surface area contributed by atoms with Crippen molar-refractivity contribution >= 4 is 17.7 Å². The number of nitrogens with zero attached hydrogens (tertiary/aromatic N) is 2. The molecule has 0 bridgehead atoms. The summed E-state index contributed by atoms with van der Waals surface area (Å²) < 4.78 is 5.14. The molecule has 32 heavy (non-hydrogen) atoms. The summed E-state index contributed by atoms with van der Waals surface area (Å²) >= 11 is 0.